The third-order valence-electron chi connectivity index (χ3n) is 6.39. The van der Waals surface area contributed by atoms with Crippen LogP contribution in [0.2, 0.25) is 0 Å². The normalized spacial score (nSPS) is 16.4. The predicted octanol–water partition coefficient (Wildman–Crippen LogP) is 5.76. The van der Waals surface area contributed by atoms with Crippen molar-refractivity contribution in [1.29, 1.82) is 0 Å². The molecule has 0 heterocycles. The monoisotopic (exact) mass is 531 g/mol. The topological polar surface area (TPSA) is 100 Å². The van der Waals surface area contributed by atoms with Crippen molar-refractivity contribution in [3.05, 3.63) is 95.1 Å². The number of ether oxygens (including phenoxy) is 4. The highest BCUT2D eigenvalue weighted by atomic mass is 16.6. The van der Waals surface area contributed by atoms with Crippen molar-refractivity contribution in [3.63, 3.8) is 0 Å². The van der Waals surface area contributed by atoms with Gasteiger partial charge in [0.05, 0.1) is 7.11 Å². The van der Waals surface area contributed by atoms with E-state index in [1.54, 1.807) is 51.1 Å². The molecule has 0 fully saturated rings. The number of alkyl carbamates (subject to hydrolysis) is 1. The van der Waals surface area contributed by atoms with E-state index in [0.29, 0.717) is 24.3 Å². The van der Waals surface area contributed by atoms with Gasteiger partial charge in [-0.1, -0.05) is 54.6 Å². The summed E-state index contributed by atoms with van der Waals surface area (Å²) in [5.74, 6) is -0.304. The maximum Gasteiger partial charge on any atom is 0.408 e. The number of methoxy groups -OCH3 is 1. The predicted molar refractivity (Wildman–Crippen MR) is 145 cm³/mol. The van der Waals surface area contributed by atoms with E-state index >= 15 is 0 Å². The van der Waals surface area contributed by atoms with Gasteiger partial charge in [0.15, 0.2) is 0 Å². The number of carbonyl (C=O) groups is 3. The first-order valence-corrected chi connectivity index (χ1v) is 12.8. The molecule has 204 valence electrons. The fraction of sp³-hybridized carbons (Fsp3) is 0.323. The standard InChI is InChI=1S/C31H33NO7/c1-30(2,3)39-29(35)32-31(28(34)36-4)18-17-22-13-10-16-26(24(22)19-31)38-25-15-9-8-14-23(25)27(33)37-20-21-11-6-5-7-12-21/h5-16H,17-20H2,1-4H3,(H,32,35)/t31-/m1/s1. The number of esters is 2. The first-order chi connectivity index (χ1) is 18.6. The summed E-state index contributed by atoms with van der Waals surface area (Å²) >= 11 is 0. The Morgan fingerprint density at radius 3 is 2.31 bits per heavy atom. The molecular formula is C31H33NO7. The number of nitrogens with one attached hydrogen (secondary N) is 1. The molecule has 0 unspecified atom stereocenters. The average Bonchev–Trinajstić information content (AvgIpc) is 2.91. The molecular weight excluding hydrogens is 498 g/mol. The zero-order valence-electron chi connectivity index (χ0n) is 22.6. The van der Waals surface area contributed by atoms with Crippen molar-refractivity contribution in [1.82, 2.24) is 5.32 Å². The molecule has 3 aromatic carbocycles. The van der Waals surface area contributed by atoms with E-state index in [0.717, 1.165) is 16.7 Å². The molecule has 8 nitrogen and oxygen atoms in total. The minimum Gasteiger partial charge on any atom is -0.467 e. The van der Waals surface area contributed by atoms with E-state index in [9.17, 15) is 14.4 Å². The summed E-state index contributed by atoms with van der Waals surface area (Å²) in [6, 6.07) is 21.8. The maximum atomic E-state index is 13.0. The van der Waals surface area contributed by atoms with Crippen LogP contribution in [-0.2, 0) is 38.5 Å². The van der Waals surface area contributed by atoms with Gasteiger partial charge in [0.1, 0.15) is 34.8 Å². The van der Waals surface area contributed by atoms with E-state index in [1.807, 2.05) is 42.5 Å². The van der Waals surface area contributed by atoms with Crippen molar-refractivity contribution >= 4 is 18.0 Å². The van der Waals surface area contributed by atoms with Crippen LogP contribution in [0.25, 0.3) is 0 Å². The summed E-state index contributed by atoms with van der Waals surface area (Å²) in [4.78, 5) is 38.7. The minimum absolute atomic E-state index is 0.130. The van der Waals surface area contributed by atoms with Crippen LogP contribution >= 0.6 is 0 Å². The summed E-state index contributed by atoms with van der Waals surface area (Å²) in [6.45, 7) is 5.39. The van der Waals surface area contributed by atoms with Gasteiger partial charge in [-0.05, 0) is 62.9 Å². The van der Waals surface area contributed by atoms with E-state index < -0.39 is 29.2 Å². The summed E-state index contributed by atoms with van der Waals surface area (Å²) in [6.07, 6.45) is 0.252. The molecule has 0 radical (unpaired) electrons. The molecule has 39 heavy (non-hydrogen) atoms. The Kier molecular flexibility index (Phi) is 8.24. The lowest BCUT2D eigenvalue weighted by molar-refractivity contribution is -0.149. The Bertz CT molecular complexity index is 1350. The molecule has 0 bridgehead atoms. The largest absolute Gasteiger partial charge is 0.467 e. The second-order valence-electron chi connectivity index (χ2n) is 10.4. The molecule has 0 aromatic heterocycles. The Morgan fingerprint density at radius 1 is 0.897 bits per heavy atom. The smallest absolute Gasteiger partial charge is 0.408 e. The molecule has 0 saturated carbocycles. The summed E-state index contributed by atoms with van der Waals surface area (Å²) < 4.78 is 22.3. The van der Waals surface area contributed by atoms with Crippen molar-refractivity contribution in [2.24, 2.45) is 0 Å². The van der Waals surface area contributed by atoms with E-state index in [-0.39, 0.29) is 18.6 Å². The second-order valence-corrected chi connectivity index (χ2v) is 10.4. The highest BCUT2D eigenvalue weighted by Crippen LogP contribution is 2.38. The number of para-hydroxylation sites is 1. The molecule has 8 heteroatoms. The Hall–Kier alpha value is -4.33. The van der Waals surface area contributed by atoms with Gasteiger partial charge in [-0.2, -0.15) is 0 Å². The molecule has 1 N–H and O–H groups in total. The SMILES string of the molecule is COC(=O)[C@@]1(NC(=O)OC(C)(C)C)CCc2cccc(Oc3ccccc3C(=O)OCc3ccccc3)c2C1. The van der Waals surface area contributed by atoms with Crippen molar-refractivity contribution in [2.75, 3.05) is 7.11 Å². The van der Waals surface area contributed by atoms with Gasteiger partial charge in [-0.25, -0.2) is 14.4 Å². The average molecular weight is 532 g/mol. The van der Waals surface area contributed by atoms with E-state index in [2.05, 4.69) is 5.32 Å². The maximum absolute atomic E-state index is 13.0. The quantitative estimate of drug-likeness (QED) is 0.306. The van der Waals surface area contributed by atoms with Crippen LogP contribution in [0.5, 0.6) is 11.5 Å². The van der Waals surface area contributed by atoms with Crippen molar-refractivity contribution in [3.8, 4) is 11.5 Å². The number of fused-ring (bicyclic) bond motifs is 1. The van der Waals surface area contributed by atoms with Crippen LogP contribution in [0.15, 0.2) is 72.8 Å². The molecule has 1 aliphatic carbocycles. The number of benzene rings is 3. The lowest BCUT2D eigenvalue weighted by Crippen LogP contribution is -2.59. The minimum atomic E-state index is -1.34. The lowest BCUT2D eigenvalue weighted by atomic mass is 9.77. The summed E-state index contributed by atoms with van der Waals surface area (Å²) in [5.41, 5.74) is 0.782. The van der Waals surface area contributed by atoms with Gasteiger partial charge in [-0.3, -0.25) is 0 Å². The van der Waals surface area contributed by atoms with Crippen LogP contribution in [0.3, 0.4) is 0 Å². The van der Waals surface area contributed by atoms with Gasteiger partial charge in [0.25, 0.3) is 0 Å². The molecule has 4 rings (SSSR count). The number of carbonyl (C=O) groups excluding carboxylic acids is 3. The zero-order valence-corrected chi connectivity index (χ0v) is 22.6. The molecule has 0 spiro atoms. The summed E-state index contributed by atoms with van der Waals surface area (Å²) in [7, 11) is 1.29. The van der Waals surface area contributed by atoms with Crippen LogP contribution in [0.1, 0.15) is 54.2 Å². The first-order valence-electron chi connectivity index (χ1n) is 12.8. The Balaban J connectivity index is 1.60. The number of hydrogen-bond acceptors (Lipinski definition) is 7. The van der Waals surface area contributed by atoms with Crippen LogP contribution in [0.4, 0.5) is 4.79 Å². The molecule has 1 amide bonds. The van der Waals surface area contributed by atoms with Crippen LogP contribution in [0, 0.1) is 0 Å². The number of rotatable bonds is 7. The van der Waals surface area contributed by atoms with Crippen LogP contribution < -0.4 is 10.1 Å². The van der Waals surface area contributed by atoms with Gasteiger partial charge in [0, 0.05) is 12.0 Å². The highest BCUT2D eigenvalue weighted by molar-refractivity contribution is 5.92. The molecule has 3 aromatic rings. The first kappa shape index (κ1) is 27.7. The Morgan fingerprint density at radius 2 is 1.59 bits per heavy atom. The number of aryl methyl sites for hydroxylation is 1. The van der Waals surface area contributed by atoms with E-state index in [4.69, 9.17) is 18.9 Å². The van der Waals surface area contributed by atoms with Gasteiger partial charge < -0.3 is 24.3 Å². The summed E-state index contributed by atoms with van der Waals surface area (Å²) in [5, 5.41) is 2.77. The third-order valence-corrected chi connectivity index (χ3v) is 6.39. The second kappa shape index (κ2) is 11.6. The van der Waals surface area contributed by atoms with Gasteiger partial charge >= 0.3 is 18.0 Å². The van der Waals surface area contributed by atoms with Crippen molar-refractivity contribution < 1.29 is 33.3 Å². The Labute approximate surface area is 228 Å². The number of hydrogen-bond donors (Lipinski definition) is 1. The molecule has 1 atom stereocenters. The fourth-order valence-corrected chi connectivity index (χ4v) is 4.55. The van der Waals surface area contributed by atoms with Crippen molar-refractivity contribution in [2.45, 2.75) is 57.8 Å². The van der Waals surface area contributed by atoms with E-state index in [1.165, 1.54) is 7.11 Å². The number of amides is 1. The van der Waals surface area contributed by atoms with Gasteiger partial charge in [-0.15, -0.1) is 0 Å². The molecule has 0 saturated heterocycles. The third kappa shape index (κ3) is 6.76. The van der Waals surface area contributed by atoms with Gasteiger partial charge in [0.2, 0.25) is 0 Å². The van der Waals surface area contributed by atoms with Crippen LogP contribution in [-0.4, -0.2) is 36.3 Å². The highest BCUT2D eigenvalue weighted by Gasteiger charge is 2.45. The fourth-order valence-electron chi connectivity index (χ4n) is 4.55. The zero-order chi connectivity index (χ0) is 28.0. The molecule has 0 aliphatic heterocycles. The lowest BCUT2D eigenvalue weighted by Gasteiger charge is -2.37. The molecule has 1 aliphatic rings.